The summed E-state index contributed by atoms with van der Waals surface area (Å²) in [5.74, 6) is -2.44. The summed E-state index contributed by atoms with van der Waals surface area (Å²) in [7, 11) is 0. The van der Waals surface area contributed by atoms with Gasteiger partial charge in [-0.2, -0.15) is 0 Å². The number of aliphatic hydroxyl groups is 4. The normalized spacial score (nSPS) is 45.6. The molecule has 11 nitrogen and oxygen atoms in total. The topological polar surface area (TPSA) is 181 Å². The number of nitrogens with one attached hydrogen (secondary N) is 1. The molecule has 11 heteroatoms. The second kappa shape index (κ2) is 14.1. The Labute approximate surface area is 260 Å². The van der Waals surface area contributed by atoms with Gasteiger partial charge in [-0.05, 0) is 84.1 Å². The maximum absolute atomic E-state index is 13.5. The zero-order chi connectivity index (χ0) is 31.8. The molecule has 0 aromatic carbocycles. The number of ether oxygens (including phenoxy) is 3. The van der Waals surface area contributed by atoms with Crippen LogP contribution in [0.5, 0.6) is 0 Å². The fourth-order valence-corrected chi connectivity index (χ4v) is 8.93. The molecule has 5 aliphatic rings. The van der Waals surface area contributed by atoms with Gasteiger partial charge in [0.05, 0.1) is 49.2 Å². The number of piperidine rings is 1. The van der Waals surface area contributed by atoms with Crippen LogP contribution in [-0.2, 0) is 23.8 Å². The van der Waals surface area contributed by atoms with E-state index in [4.69, 9.17) is 19.9 Å². The monoisotopic (exact) mass is 622 g/mol. The Morgan fingerprint density at radius 3 is 2.59 bits per heavy atom. The van der Waals surface area contributed by atoms with Crippen LogP contribution in [0.25, 0.3) is 0 Å². The van der Waals surface area contributed by atoms with Gasteiger partial charge in [0.25, 0.3) is 0 Å². The van der Waals surface area contributed by atoms with E-state index in [9.17, 15) is 30.0 Å². The fraction of sp³-hybridized carbons (Fsp3) is 0.879. The van der Waals surface area contributed by atoms with Crippen molar-refractivity contribution in [3.63, 3.8) is 0 Å². The highest BCUT2D eigenvalue weighted by Gasteiger charge is 2.64. The van der Waals surface area contributed by atoms with Crippen LogP contribution in [0, 0.1) is 35.5 Å². The smallest absolute Gasteiger partial charge is 0.333 e. The summed E-state index contributed by atoms with van der Waals surface area (Å²) >= 11 is 0. The lowest BCUT2D eigenvalue weighted by Crippen LogP contribution is -2.70. The number of Topliss-reactive ketones (excluding diaryl/α,β-unsaturated/α-hetero) is 1. The number of carbonyl (C=O) groups excluding carboxylic acids is 2. The van der Waals surface area contributed by atoms with Crippen molar-refractivity contribution >= 4 is 11.8 Å². The van der Waals surface area contributed by atoms with Gasteiger partial charge in [-0.25, -0.2) is 4.79 Å². The molecule has 14 unspecified atom stereocenters. The van der Waals surface area contributed by atoms with Crippen LogP contribution in [0.2, 0.25) is 0 Å². The molecule has 5 fully saturated rings. The summed E-state index contributed by atoms with van der Waals surface area (Å²) in [4.78, 5) is 26.7. The summed E-state index contributed by atoms with van der Waals surface area (Å²) in [6.45, 7) is 5.59. The molecule has 7 N–H and O–H groups in total. The largest absolute Gasteiger partial charge is 0.456 e. The first-order valence-electron chi connectivity index (χ1n) is 16.8. The molecule has 3 aliphatic heterocycles. The number of ketones is 1. The molecule has 44 heavy (non-hydrogen) atoms. The molecule has 14 atom stereocenters. The number of allylic oxidation sites excluding steroid dienone is 1. The minimum atomic E-state index is -1.10. The molecule has 0 aromatic heterocycles. The number of aliphatic hydroxyl groups excluding tert-OH is 4. The van der Waals surface area contributed by atoms with Crippen LogP contribution in [0.15, 0.2) is 11.6 Å². The molecule has 3 saturated heterocycles. The van der Waals surface area contributed by atoms with Gasteiger partial charge < -0.3 is 45.7 Å². The number of hydrogen-bond acceptors (Lipinski definition) is 11. The highest BCUT2D eigenvalue weighted by molar-refractivity contribution is 5.87. The van der Waals surface area contributed by atoms with Crippen LogP contribution >= 0.6 is 0 Å². The van der Waals surface area contributed by atoms with Gasteiger partial charge in [-0.3, -0.25) is 4.79 Å². The van der Waals surface area contributed by atoms with Crippen molar-refractivity contribution < 1.29 is 44.2 Å². The summed E-state index contributed by atoms with van der Waals surface area (Å²) in [6.07, 6.45) is 2.91. The number of hydrogen-bond donors (Lipinski definition) is 6. The Morgan fingerprint density at radius 2 is 1.95 bits per heavy atom. The van der Waals surface area contributed by atoms with Crippen molar-refractivity contribution in [3.8, 4) is 0 Å². The maximum Gasteiger partial charge on any atom is 0.333 e. The molecule has 250 valence electrons. The van der Waals surface area contributed by atoms with Gasteiger partial charge in [-0.15, -0.1) is 0 Å². The lowest BCUT2D eigenvalue weighted by atomic mass is 9.57. The number of fused-ring (bicyclic) bond motifs is 2. The quantitative estimate of drug-likeness (QED) is 0.169. The number of rotatable bonds is 8. The molecule has 3 heterocycles. The van der Waals surface area contributed by atoms with Gasteiger partial charge in [0.1, 0.15) is 17.5 Å². The average Bonchev–Trinajstić information content (AvgIpc) is 3.00. The summed E-state index contributed by atoms with van der Waals surface area (Å²) < 4.78 is 19.7. The highest BCUT2D eigenvalue weighted by Crippen LogP contribution is 2.54. The molecule has 0 amide bonds. The van der Waals surface area contributed by atoms with Crippen LogP contribution < -0.4 is 11.1 Å². The van der Waals surface area contributed by atoms with Crippen molar-refractivity contribution in [2.75, 3.05) is 19.8 Å². The molecule has 5 rings (SSSR count). The van der Waals surface area contributed by atoms with E-state index < -0.39 is 60.0 Å². The zero-order valence-corrected chi connectivity index (χ0v) is 26.5. The van der Waals surface area contributed by atoms with Gasteiger partial charge in [0.2, 0.25) is 0 Å². The molecule has 0 aromatic rings. The van der Waals surface area contributed by atoms with E-state index in [-0.39, 0.29) is 61.7 Å². The fourth-order valence-electron chi connectivity index (χ4n) is 8.93. The SMILES string of the molecule is CC=C(C)C(=O)OC1CC2C(O)C3C(=O)CC(CO)OC3C(C3CCCC(O)C3)C2OC1(C)C(CO)CC1CCC(N)NC1. The first kappa shape index (κ1) is 33.9. The standard InChI is InChI=1S/C33H54N2O9/c1-4-17(2)32(41)43-25-13-23-29(40)28-24(39)12-22(16-37)42-31(28)27(19-6-5-7-21(38)11-19)30(23)44-33(25,3)20(15-36)10-18-8-9-26(34)35-14-18/h4,18-23,25-31,35-38,40H,5-16,34H2,1-3H3. The van der Waals surface area contributed by atoms with E-state index >= 15 is 0 Å². The van der Waals surface area contributed by atoms with Gasteiger partial charge in [-0.1, -0.05) is 12.5 Å². The Balaban J connectivity index is 1.53. The molecule has 2 aliphatic carbocycles. The molecule has 0 spiro atoms. The van der Waals surface area contributed by atoms with Crippen molar-refractivity contribution in [1.29, 1.82) is 0 Å². The van der Waals surface area contributed by atoms with Crippen molar-refractivity contribution in [3.05, 3.63) is 11.6 Å². The summed E-state index contributed by atoms with van der Waals surface area (Å²) in [5, 5.41) is 46.7. The van der Waals surface area contributed by atoms with Crippen LogP contribution in [0.1, 0.15) is 78.6 Å². The van der Waals surface area contributed by atoms with Crippen molar-refractivity contribution in [2.24, 2.45) is 41.2 Å². The zero-order valence-electron chi connectivity index (χ0n) is 26.5. The molecule has 0 bridgehead atoms. The van der Waals surface area contributed by atoms with Crippen LogP contribution in [-0.4, -0.2) is 100 Å². The summed E-state index contributed by atoms with van der Waals surface area (Å²) in [5.41, 5.74) is 5.42. The Morgan fingerprint density at radius 1 is 1.18 bits per heavy atom. The summed E-state index contributed by atoms with van der Waals surface area (Å²) in [6, 6.07) is 0. The highest BCUT2D eigenvalue weighted by atomic mass is 16.6. The third-order valence-electron chi connectivity index (χ3n) is 11.6. The Kier molecular flexibility index (Phi) is 10.9. The van der Waals surface area contributed by atoms with E-state index in [0.717, 1.165) is 25.7 Å². The molecular weight excluding hydrogens is 568 g/mol. The van der Waals surface area contributed by atoms with E-state index in [1.54, 1.807) is 19.9 Å². The van der Waals surface area contributed by atoms with E-state index in [1.165, 1.54) is 0 Å². The van der Waals surface area contributed by atoms with E-state index in [1.807, 2.05) is 6.92 Å². The van der Waals surface area contributed by atoms with Gasteiger partial charge in [0, 0.05) is 36.4 Å². The minimum absolute atomic E-state index is 0.0231. The van der Waals surface area contributed by atoms with Crippen molar-refractivity contribution in [2.45, 2.75) is 127 Å². The molecule has 0 radical (unpaired) electrons. The van der Waals surface area contributed by atoms with Crippen molar-refractivity contribution in [1.82, 2.24) is 5.32 Å². The molecule has 2 saturated carbocycles. The Hall–Kier alpha value is -1.44. The number of carbonyl (C=O) groups is 2. The average molecular weight is 623 g/mol. The first-order valence-corrected chi connectivity index (χ1v) is 16.8. The van der Waals surface area contributed by atoms with Gasteiger partial charge >= 0.3 is 5.97 Å². The lowest BCUT2D eigenvalue weighted by molar-refractivity contribution is -0.303. The Bertz CT molecular complexity index is 1050. The lowest BCUT2D eigenvalue weighted by Gasteiger charge is -2.60. The third-order valence-corrected chi connectivity index (χ3v) is 11.6. The predicted molar refractivity (Wildman–Crippen MR) is 161 cm³/mol. The van der Waals surface area contributed by atoms with Crippen LogP contribution in [0.3, 0.4) is 0 Å². The van der Waals surface area contributed by atoms with E-state index in [2.05, 4.69) is 5.32 Å². The number of nitrogens with two attached hydrogens (primary N) is 1. The second-order valence-corrected chi connectivity index (χ2v) is 14.4. The third kappa shape index (κ3) is 6.67. The second-order valence-electron chi connectivity index (χ2n) is 14.4. The first-order chi connectivity index (χ1) is 21.0. The predicted octanol–water partition coefficient (Wildman–Crippen LogP) is 1.19. The number of esters is 1. The van der Waals surface area contributed by atoms with Gasteiger partial charge in [0.15, 0.2) is 0 Å². The maximum atomic E-state index is 13.5. The molecular formula is C33H54N2O9. The van der Waals surface area contributed by atoms with E-state index in [0.29, 0.717) is 31.4 Å². The minimum Gasteiger partial charge on any atom is -0.456 e. The van der Waals surface area contributed by atoms with Crippen LogP contribution in [0.4, 0.5) is 0 Å².